The molecule has 2 aromatic carbocycles. The molecule has 3 heteroatoms. The summed E-state index contributed by atoms with van der Waals surface area (Å²) in [5.74, 6) is 0. The van der Waals surface area contributed by atoms with E-state index >= 15 is 0 Å². The molecule has 2 N–H and O–H groups in total. The van der Waals surface area contributed by atoms with Crippen molar-refractivity contribution >= 4 is 5.69 Å². The molecule has 1 aromatic heterocycles. The third kappa shape index (κ3) is 2.55. The van der Waals surface area contributed by atoms with Gasteiger partial charge in [0.2, 0.25) is 0 Å². The first-order valence-electron chi connectivity index (χ1n) is 7.02. The molecule has 1 heterocycles. The minimum absolute atomic E-state index is 0.622. The van der Waals surface area contributed by atoms with Crippen LogP contribution in [0.4, 0.5) is 5.69 Å². The average molecular weight is 285 g/mol. The average Bonchev–Trinajstić information content (AvgIpc) is 2.56. The van der Waals surface area contributed by atoms with Gasteiger partial charge in [-0.15, -0.1) is 0 Å². The number of nitrogens with two attached hydrogens (primary N) is 1. The van der Waals surface area contributed by atoms with Crippen LogP contribution in [0.15, 0.2) is 60.7 Å². The van der Waals surface area contributed by atoms with Crippen LogP contribution in [0.5, 0.6) is 0 Å². The molecule has 22 heavy (non-hydrogen) atoms. The fourth-order valence-electron chi connectivity index (χ4n) is 2.49. The monoisotopic (exact) mass is 285 g/mol. The topological polar surface area (TPSA) is 62.7 Å². The van der Waals surface area contributed by atoms with Crippen molar-refractivity contribution in [2.24, 2.45) is 0 Å². The Balaban J connectivity index is 2.19. The lowest BCUT2D eigenvalue weighted by Gasteiger charge is -2.11. The summed E-state index contributed by atoms with van der Waals surface area (Å²) in [6.45, 7) is 1.98. The molecule has 0 fully saturated rings. The quantitative estimate of drug-likeness (QED) is 0.768. The molecular formula is C19H15N3. The summed E-state index contributed by atoms with van der Waals surface area (Å²) in [7, 11) is 0. The minimum Gasteiger partial charge on any atom is -0.397 e. The zero-order chi connectivity index (χ0) is 15.5. The van der Waals surface area contributed by atoms with Crippen LogP contribution in [0.1, 0.15) is 11.1 Å². The van der Waals surface area contributed by atoms with E-state index in [0.29, 0.717) is 11.3 Å². The summed E-state index contributed by atoms with van der Waals surface area (Å²) in [6.07, 6.45) is 0. The number of hydrogen-bond acceptors (Lipinski definition) is 3. The van der Waals surface area contributed by atoms with Gasteiger partial charge in [-0.3, -0.25) is 0 Å². The SMILES string of the molecule is Cc1cc(N)c(-c2ccccc2)nc1-c1cccc(C#N)c1. The van der Waals surface area contributed by atoms with E-state index in [1.807, 2.05) is 61.5 Å². The van der Waals surface area contributed by atoms with E-state index in [1.165, 1.54) is 0 Å². The summed E-state index contributed by atoms with van der Waals surface area (Å²) in [5, 5.41) is 9.06. The summed E-state index contributed by atoms with van der Waals surface area (Å²) in [4.78, 5) is 4.75. The lowest BCUT2D eigenvalue weighted by Crippen LogP contribution is -1.98. The molecule has 0 radical (unpaired) electrons. The molecule has 0 aliphatic heterocycles. The molecule has 3 rings (SSSR count). The molecule has 0 bridgehead atoms. The first-order chi connectivity index (χ1) is 10.7. The zero-order valence-corrected chi connectivity index (χ0v) is 12.2. The van der Waals surface area contributed by atoms with E-state index < -0.39 is 0 Å². The Morgan fingerprint density at radius 3 is 2.36 bits per heavy atom. The van der Waals surface area contributed by atoms with Crippen LogP contribution < -0.4 is 5.73 Å². The lowest BCUT2D eigenvalue weighted by atomic mass is 10.0. The molecule has 0 saturated carbocycles. The highest BCUT2D eigenvalue weighted by Crippen LogP contribution is 2.30. The molecule has 0 spiro atoms. The van der Waals surface area contributed by atoms with Crippen LogP contribution in [0.3, 0.4) is 0 Å². The first kappa shape index (κ1) is 13.8. The third-order valence-electron chi connectivity index (χ3n) is 3.55. The van der Waals surface area contributed by atoms with Crippen molar-refractivity contribution in [3.8, 4) is 28.6 Å². The zero-order valence-electron chi connectivity index (χ0n) is 12.2. The maximum absolute atomic E-state index is 9.06. The van der Waals surface area contributed by atoms with Gasteiger partial charge in [0, 0.05) is 11.1 Å². The molecule has 0 unspecified atom stereocenters. The molecule has 0 aliphatic rings. The van der Waals surface area contributed by atoms with Gasteiger partial charge in [0.1, 0.15) is 0 Å². The van der Waals surface area contributed by atoms with Crippen LogP contribution in [-0.2, 0) is 0 Å². The van der Waals surface area contributed by atoms with Gasteiger partial charge in [-0.1, -0.05) is 42.5 Å². The van der Waals surface area contributed by atoms with E-state index in [9.17, 15) is 0 Å². The number of nitrogens with zero attached hydrogens (tertiary/aromatic N) is 2. The summed E-state index contributed by atoms with van der Waals surface area (Å²) in [6, 6.07) is 21.4. The Hall–Kier alpha value is -3.12. The van der Waals surface area contributed by atoms with Gasteiger partial charge in [0.05, 0.1) is 28.7 Å². The maximum atomic E-state index is 9.06. The molecule has 0 amide bonds. The van der Waals surface area contributed by atoms with Crippen LogP contribution in [-0.4, -0.2) is 4.98 Å². The number of nitriles is 1. The van der Waals surface area contributed by atoms with Crippen molar-refractivity contribution in [3.05, 3.63) is 71.8 Å². The number of pyridine rings is 1. The Bertz CT molecular complexity index is 862. The molecule has 0 aliphatic carbocycles. The second kappa shape index (κ2) is 5.71. The minimum atomic E-state index is 0.622. The van der Waals surface area contributed by atoms with Crippen molar-refractivity contribution in [3.63, 3.8) is 0 Å². The van der Waals surface area contributed by atoms with E-state index in [2.05, 4.69) is 6.07 Å². The van der Waals surface area contributed by atoms with Gasteiger partial charge in [-0.2, -0.15) is 5.26 Å². The summed E-state index contributed by atoms with van der Waals surface area (Å²) in [5.41, 5.74) is 11.9. The Morgan fingerprint density at radius 2 is 1.64 bits per heavy atom. The predicted molar refractivity (Wildman–Crippen MR) is 89.0 cm³/mol. The fourth-order valence-corrected chi connectivity index (χ4v) is 2.49. The Morgan fingerprint density at radius 1 is 0.909 bits per heavy atom. The van der Waals surface area contributed by atoms with Gasteiger partial charge in [0.15, 0.2) is 0 Å². The molecule has 0 saturated heterocycles. The predicted octanol–water partition coefficient (Wildman–Crippen LogP) is 4.18. The number of anilines is 1. The van der Waals surface area contributed by atoms with E-state index in [1.54, 1.807) is 6.07 Å². The van der Waals surface area contributed by atoms with Crippen molar-refractivity contribution in [1.82, 2.24) is 4.98 Å². The van der Waals surface area contributed by atoms with Gasteiger partial charge in [-0.25, -0.2) is 4.98 Å². The summed E-state index contributed by atoms with van der Waals surface area (Å²) >= 11 is 0. The molecule has 106 valence electrons. The van der Waals surface area contributed by atoms with Gasteiger partial charge < -0.3 is 5.73 Å². The highest BCUT2D eigenvalue weighted by Gasteiger charge is 2.11. The van der Waals surface area contributed by atoms with Crippen LogP contribution in [0.25, 0.3) is 22.5 Å². The normalized spacial score (nSPS) is 10.2. The van der Waals surface area contributed by atoms with Gasteiger partial charge in [-0.05, 0) is 30.7 Å². The second-order valence-electron chi connectivity index (χ2n) is 5.15. The van der Waals surface area contributed by atoms with Crippen molar-refractivity contribution in [2.45, 2.75) is 6.92 Å². The highest BCUT2D eigenvalue weighted by atomic mass is 14.8. The first-order valence-corrected chi connectivity index (χ1v) is 7.02. The number of benzene rings is 2. The molecule has 3 aromatic rings. The number of hydrogen-bond donors (Lipinski definition) is 1. The number of aromatic nitrogens is 1. The maximum Gasteiger partial charge on any atom is 0.0991 e. The molecular weight excluding hydrogens is 270 g/mol. The standard InChI is InChI=1S/C19H15N3/c1-13-10-17(21)19(15-7-3-2-4-8-15)22-18(13)16-9-5-6-14(11-16)12-20/h2-11H,21H2,1H3. The highest BCUT2D eigenvalue weighted by molar-refractivity contribution is 5.78. The Kier molecular flexibility index (Phi) is 3.59. The van der Waals surface area contributed by atoms with E-state index in [0.717, 1.165) is 28.1 Å². The van der Waals surface area contributed by atoms with Gasteiger partial charge in [0.25, 0.3) is 0 Å². The fraction of sp³-hybridized carbons (Fsp3) is 0.0526. The number of rotatable bonds is 2. The van der Waals surface area contributed by atoms with E-state index in [-0.39, 0.29) is 0 Å². The molecule has 0 atom stereocenters. The van der Waals surface area contributed by atoms with Crippen LogP contribution in [0, 0.1) is 18.3 Å². The smallest absolute Gasteiger partial charge is 0.0991 e. The van der Waals surface area contributed by atoms with Crippen LogP contribution in [0.2, 0.25) is 0 Å². The number of aryl methyl sites for hydroxylation is 1. The van der Waals surface area contributed by atoms with Crippen LogP contribution >= 0.6 is 0 Å². The lowest BCUT2D eigenvalue weighted by molar-refractivity contribution is 1.27. The Labute approximate surface area is 129 Å². The second-order valence-corrected chi connectivity index (χ2v) is 5.15. The van der Waals surface area contributed by atoms with Crippen molar-refractivity contribution < 1.29 is 0 Å². The van der Waals surface area contributed by atoms with Crippen molar-refractivity contribution in [2.75, 3.05) is 5.73 Å². The van der Waals surface area contributed by atoms with E-state index in [4.69, 9.17) is 16.0 Å². The summed E-state index contributed by atoms with van der Waals surface area (Å²) < 4.78 is 0. The van der Waals surface area contributed by atoms with Crippen molar-refractivity contribution in [1.29, 1.82) is 5.26 Å². The number of nitrogen functional groups attached to an aromatic ring is 1. The third-order valence-corrected chi connectivity index (χ3v) is 3.55. The largest absolute Gasteiger partial charge is 0.397 e. The molecule has 3 nitrogen and oxygen atoms in total. The van der Waals surface area contributed by atoms with Gasteiger partial charge >= 0.3 is 0 Å².